The van der Waals surface area contributed by atoms with Gasteiger partial charge >= 0.3 is 0 Å². The molecule has 0 atom stereocenters. The molecule has 0 bridgehead atoms. The molecule has 1 aromatic carbocycles. The number of anilines is 1. The van der Waals surface area contributed by atoms with Crippen molar-refractivity contribution in [1.82, 2.24) is 4.98 Å². The van der Waals surface area contributed by atoms with E-state index in [0.717, 1.165) is 16.7 Å². The summed E-state index contributed by atoms with van der Waals surface area (Å²) in [4.78, 5) is 5.49. The van der Waals surface area contributed by atoms with E-state index in [1.54, 1.807) is 11.3 Å². The molecule has 2 nitrogen and oxygen atoms in total. The summed E-state index contributed by atoms with van der Waals surface area (Å²) < 4.78 is 0. The first-order valence-electron chi connectivity index (χ1n) is 5.17. The van der Waals surface area contributed by atoms with Gasteiger partial charge in [0.1, 0.15) is 0 Å². The van der Waals surface area contributed by atoms with Crippen molar-refractivity contribution in [1.29, 1.82) is 0 Å². The summed E-state index contributed by atoms with van der Waals surface area (Å²) >= 11 is 7.60. The number of hydrogen-bond acceptors (Lipinski definition) is 3. The zero-order chi connectivity index (χ0) is 11.5. The van der Waals surface area contributed by atoms with Crippen molar-refractivity contribution >= 4 is 28.1 Å². The van der Waals surface area contributed by atoms with Crippen LogP contribution in [0.3, 0.4) is 0 Å². The first-order valence-corrected chi connectivity index (χ1v) is 6.36. The predicted octanol–water partition coefficient (Wildman–Crippen LogP) is 4.20. The molecular formula is C12H13ClN2S. The van der Waals surface area contributed by atoms with Gasteiger partial charge in [-0.3, -0.25) is 0 Å². The van der Waals surface area contributed by atoms with Crippen LogP contribution in [-0.2, 0) is 0 Å². The molecule has 0 aliphatic carbocycles. The second-order valence-electron chi connectivity index (χ2n) is 3.52. The van der Waals surface area contributed by atoms with Gasteiger partial charge in [-0.2, -0.15) is 0 Å². The molecule has 0 amide bonds. The number of aromatic nitrogens is 1. The molecule has 2 rings (SSSR count). The van der Waals surface area contributed by atoms with Gasteiger partial charge in [0.25, 0.3) is 0 Å². The van der Waals surface area contributed by atoms with Crippen molar-refractivity contribution in [3.63, 3.8) is 0 Å². The van der Waals surface area contributed by atoms with E-state index < -0.39 is 0 Å². The monoisotopic (exact) mass is 252 g/mol. The van der Waals surface area contributed by atoms with E-state index in [-0.39, 0.29) is 0 Å². The Bertz CT molecular complexity index is 494. The number of halogens is 1. The molecule has 4 heteroatoms. The summed E-state index contributed by atoms with van der Waals surface area (Å²) in [7, 11) is 0. The molecule has 0 saturated heterocycles. The SMILES string of the molecule is CCNc1ncc(-c2ccc(Cl)cc2C)s1. The van der Waals surface area contributed by atoms with Crippen molar-refractivity contribution in [3.8, 4) is 10.4 Å². The Labute approximate surface area is 104 Å². The van der Waals surface area contributed by atoms with Crippen molar-refractivity contribution in [2.75, 3.05) is 11.9 Å². The number of rotatable bonds is 3. The van der Waals surface area contributed by atoms with Crippen molar-refractivity contribution in [2.24, 2.45) is 0 Å². The maximum atomic E-state index is 5.93. The van der Waals surface area contributed by atoms with E-state index in [0.29, 0.717) is 0 Å². The number of nitrogens with zero attached hydrogens (tertiary/aromatic N) is 1. The average Bonchev–Trinajstić information content (AvgIpc) is 2.67. The lowest BCUT2D eigenvalue weighted by molar-refractivity contribution is 1.19. The minimum absolute atomic E-state index is 0.776. The zero-order valence-electron chi connectivity index (χ0n) is 9.25. The molecule has 0 spiro atoms. The summed E-state index contributed by atoms with van der Waals surface area (Å²) in [6, 6.07) is 5.93. The molecule has 1 N–H and O–H groups in total. The molecule has 16 heavy (non-hydrogen) atoms. The Morgan fingerprint density at radius 3 is 2.94 bits per heavy atom. The molecule has 0 fully saturated rings. The number of hydrogen-bond donors (Lipinski definition) is 1. The second-order valence-corrected chi connectivity index (χ2v) is 4.99. The largest absolute Gasteiger partial charge is 0.362 e. The fourth-order valence-electron chi connectivity index (χ4n) is 1.54. The van der Waals surface area contributed by atoms with Crippen molar-refractivity contribution < 1.29 is 0 Å². The molecular weight excluding hydrogens is 240 g/mol. The van der Waals surface area contributed by atoms with Crippen molar-refractivity contribution in [2.45, 2.75) is 13.8 Å². The van der Waals surface area contributed by atoms with Gasteiger partial charge < -0.3 is 5.32 Å². The molecule has 0 saturated carbocycles. The van der Waals surface area contributed by atoms with Gasteiger partial charge in [0.05, 0.1) is 4.88 Å². The number of nitrogens with one attached hydrogen (secondary N) is 1. The van der Waals surface area contributed by atoms with E-state index in [9.17, 15) is 0 Å². The molecule has 2 aromatic rings. The minimum Gasteiger partial charge on any atom is -0.362 e. The standard InChI is InChI=1S/C12H13ClN2S/c1-3-14-12-15-7-11(16-12)10-5-4-9(13)6-8(10)2/h4-7H,3H2,1-2H3,(H,14,15). The summed E-state index contributed by atoms with van der Waals surface area (Å²) in [5.41, 5.74) is 2.38. The smallest absolute Gasteiger partial charge is 0.183 e. The van der Waals surface area contributed by atoms with E-state index in [1.165, 1.54) is 16.0 Å². The maximum Gasteiger partial charge on any atom is 0.183 e. The zero-order valence-corrected chi connectivity index (χ0v) is 10.8. The minimum atomic E-state index is 0.776. The van der Waals surface area contributed by atoms with Crippen molar-refractivity contribution in [3.05, 3.63) is 35.0 Å². The molecule has 1 heterocycles. The van der Waals surface area contributed by atoms with Crippen LogP contribution in [0, 0.1) is 6.92 Å². The van der Waals surface area contributed by atoms with Crippen LogP contribution in [-0.4, -0.2) is 11.5 Å². The summed E-state index contributed by atoms with van der Waals surface area (Å²) in [6.07, 6.45) is 1.90. The highest BCUT2D eigenvalue weighted by Gasteiger charge is 2.06. The van der Waals surface area contributed by atoms with Gasteiger partial charge in [0.15, 0.2) is 5.13 Å². The lowest BCUT2D eigenvalue weighted by Gasteiger charge is -2.02. The van der Waals surface area contributed by atoms with Crippen LogP contribution in [0.2, 0.25) is 5.02 Å². The van der Waals surface area contributed by atoms with Gasteiger partial charge in [-0.25, -0.2) is 4.98 Å². The lowest BCUT2D eigenvalue weighted by atomic mass is 10.1. The third-order valence-electron chi connectivity index (χ3n) is 2.29. The Morgan fingerprint density at radius 1 is 1.44 bits per heavy atom. The lowest BCUT2D eigenvalue weighted by Crippen LogP contribution is -1.94. The maximum absolute atomic E-state index is 5.93. The molecule has 1 aromatic heterocycles. The van der Waals surface area contributed by atoms with Gasteiger partial charge in [-0.1, -0.05) is 29.0 Å². The van der Waals surface area contributed by atoms with Crippen LogP contribution in [0.25, 0.3) is 10.4 Å². The molecule has 0 radical (unpaired) electrons. The van der Waals surface area contributed by atoms with Gasteiger partial charge in [0.2, 0.25) is 0 Å². The highest BCUT2D eigenvalue weighted by molar-refractivity contribution is 7.18. The topological polar surface area (TPSA) is 24.9 Å². The first-order chi connectivity index (χ1) is 7.70. The van der Waals surface area contributed by atoms with Gasteiger partial charge in [0, 0.05) is 17.8 Å². The normalized spacial score (nSPS) is 10.4. The van der Waals surface area contributed by atoms with Crippen LogP contribution in [0.4, 0.5) is 5.13 Å². The summed E-state index contributed by atoms with van der Waals surface area (Å²) in [5.74, 6) is 0. The Balaban J connectivity index is 2.35. The number of thiazole rings is 1. The Hall–Kier alpha value is -1.06. The van der Waals surface area contributed by atoms with Crippen LogP contribution in [0.15, 0.2) is 24.4 Å². The summed E-state index contributed by atoms with van der Waals surface area (Å²) in [5, 5.41) is 4.95. The van der Waals surface area contributed by atoms with E-state index in [4.69, 9.17) is 11.6 Å². The van der Waals surface area contributed by atoms with E-state index in [2.05, 4.69) is 24.1 Å². The van der Waals surface area contributed by atoms with E-state index >= 15 is 0 Å². The third kappa shape index (κ3) is 2.36. The van der Waals surface area contributed by atoms with Crippen LogP contribution >= 0.6 is 22.9 Å². The Morgan fingerprint density at radius 2 is 2.25 bits per heavy atom. The number of benzene rings is 1. The Kier molecular flexibility index (Phi) is 3.46. The molecule has 84 valence electrons. The van der Waals surface area contributed by atoms with E-state index in [1.807, 2.05) is 24.4 Å². The van der Waals surface area contributed by atoms with Crippen LogP contribution in [0.1, 0.15) is 12.5 Å². The predicted molar refractivity (Wildman–Crippen MR) is 71.5 cm³/mol. The van der Waals surface area contributed by atoms with Gasteiger partial charge in [-0.15, -0.1) is 0 Å². The highest BCUT2D eigenvalue weighted by atomic mass is 35.5. The summed E-state index contributed by atoms with van der Waals surface area (Å²) in [6.45, 7) is 5.02. The fourth-order valence-corrected chi connectivity index (χ4v) is 2.74. The van der Waals surface area contributed by atoms with Crippen LogP contribution < -0.4 is 5.32 Å². The average molecular weight is 253 g/mol. The molecule has 0 unspecified atom stereocenters. The molecule has 0 aliphatic rings. The second kappa shape index (κ2) is 4.85. The number of aryl methyl sites for hydroxylation is 1. The first kappa shape index (κ1) is 11.4. The molecule has 0 aliphatic heterocycles. The highest BCUT2D eigenvalue weighted by Crippen LogP contribution is 2.32. The van der Waals surface area contributed by atoms with Gasteiger partial charge in [-0.05, 0) is 37.1 Å². The quantitative estimate of drug-likeness (QED) is 0.886. The fraction of sp³-hybridized carbons (Fsp3) is 0.250. The van der Waals surface area contributed by atoms with Crippen LogP contribution in [0.5, 0.6) is 0 Å². The third-order valence-corrected chi connectivity index (χ3v) is 3.51.